The Hall–Kier alpha value is -2.74. The van der Waals surface area contributed by atoms with Gasteiger partial charge in [0.15, 0.2) is 6.10 Å². The number of esters is 1. The van der Waals surface area contributed by atoms with Crippen LogP contribution in [0.15, 0.2) is 52.0 Å². The predicted molar refractivity (Wildman–Crippen MR) is 94.7 cm³/mol. The summed E-state index contributed by atoms with van der Waals surface area (Å²) in [4.78, 5) is 38.1. The Morgan fingerprint density at radius 2 is 2.12 bits per heavy atom. The Morgan fingerprint density at radius 1 is 1.31 bits per heavy atom. The topological polar surface area (TPSA) is 88.8 Å². The molecule has 3 amide bonds. The number of carbonyl (C=O) groups is 3. The van der Waals surface area contributed by atoms with Gasteiger partial charge in [-0.3, -0.25) is 9.69 Å². The van der Waals surface area contributed by atoms with E-state index in [0.29, 0.717) is 17.9 Å². The Kier molecular flexibility index (Phi) is 5.62. The fraction of sp³-hybridized carbons (Fsp3) is 0.278. The first-order chi connectivity index (χ1) is 12.6. The van der Waals surface area contributed by atoms with Crippen molar-refractivity contribution >= 4 is 29.7 Å². The largest absolute Gasteiger partial charge is 0.468 e. The van der Waals surface area contributed by atoms with E-state index in [-0.39, 0.29) is 6.54 Å². The van der Waals surface area contributed by atoms with Gasteiger partial charge in [-0.2, -0.15) is 0 Å². The molecule has 2 heterocycles. The number of urea groups is 1. The first kappa shape index (κ1) is 18.1. The maximum Gasteiger partial charge on any atom is 0.340 e. The predicted octanol–water partition coefficient (Wildman–Crippen LogP) is 2.67. The fourth-order valence-corrected chi connectivity index (χ4v) is 3.42. The van der Waals surface area contributed by atoms with Crippen LogP contribution >= 0.6 is 11.8 Å². The summed E-state index contributed by atoms with van der Waals surface area (Å²) < 4.78 is 10.6. The molecule has 8 heteroatoms. The molecule has 0 bridgehead atoms. The van der Waals surface area contributed by atoms with E-state index in [2.05, 4.69) is 5.32 Å². The van der Waals surface area contributed by atoms with Crippen LogP contribution in [0.2, 0.25) is 0 Å². The van der Waals surface area contributed by atoms with Crippen molar-refractivity contribution in [3.8, 4) is 0 Å². The van der Waals surface area contributed by atoms with Crippen LogP contribution in [0, 0.1) is 0 Å². The van der Waals surface area contributed by atoms with Gasteiger partial charge in [0.1, 0.15) is 5.76 Å². The van der Waals surface area contributed by atoms with Crippen LogP contribution in [-0.2, 0) is 15.3 Å². The van der Waals surface area contributed by atoms with Crippen molar-refractivity contribution in [3.63, 3.8) is 0 Å². The third kappa shape index (κ3) is 4.08. The minimum atomic E-state index is -1.05. The zero-order chi connectivity index (χ0) is 18.5. The van der Waals surface area contributed by atoms with Crippen molar-refractivity contribution in [2.45, 2.75) is 23.7 Å². The van der Waals surface area contributed by atoms with Gasteiger partial charge in [-0.05, 0) is 31.2 Å². The van der Waals surface area contributed by atoms with Crippen LogP contribution in [0.1, 0.15) is 23.0 Å². The van der Waals surface area contributed by atoms with E-state index in [1.807, 2.05) is 18.2 Å². The van der Waals surface area contributed by atoms with Gasteiger partial charge in [0.05, 0.1) is 17.6 Å². The number of imide groups is 1. The molecule has 0 aliphatic carbocycles. The second-order valence-corrected chi connectivity index (χ2v) is 6.65. The van der Waals surface area contributed by atoms with Crippen LogP contribution in [-0.4, -0.2) is 42.0 Å². The Balaban J connectivity index is 1.65. The molecule has 2 aromatic rings. The average Bonchev–Trinajstić information content (AvgIpc) is 3.31. The second kappa shape index (κ2) is 8.09. The molecule has 1 N–H and O–H groups in total. The maximum absolute atomic E-state index is 12.5. The normalized spacial score (nSPS) is 14.8. The Bertz CT molecular complexity index is 806. The van der Waals surface area contributed by atoms with Gasteiger partial charge in [-0.1, -0.05) is 12.1 Å². The third-order valence-corrected chi connectivity index (χ3v) is 4.91. The van der Waals surface area contributed by atoms with Crippen LogP contribution in [0.5, 0.6) is 0 Å². The fourth-order valence-electron chi connectivity index (χ4n) is 2.48. The van der Waals surface area contributed by atoms with Crippen molar-refractivity contribution < 1.29 is 23.5 Å². The highest BCUT2D eigenvalue weighted by atomic mass is 32.2. The van der Waals surface area contributed by atoms with Gasteiger partial charge in [0, 0.05) is 18.0 Å². The summed E-state index contributed by atoms with van der Waals surface area (Å²) in [5.74, 6) is 0.225. The van der Waals surface area contributed by atoms with Crippen molar-refractivity contribution in [2.75, 3.05) is 13.1 Å². The van der Waals surface area contributed by atoms with E-state index in [1.165, 1.54) is 18.7 Å². The van der Waals surface area contributed by atoms with Gasteiger partial charge in [0.25, 0.3) is 5.91 Å². The number of benzene rings is 1. The molecule has 0 unspecified atom stereocenters. The quantitative estimate of drug-likeness (QED) is 0.618. The molecule has 1 saturated heterocycles. The van der Waals surface area contributed by atoms with Gasteiger partial charge in [0.2, 0.25) is 0 Å². The lowest BCUT2D eigenvalue weighted by molar-refractivity contribution is -0.136. The summed E-state index contributed by atoms with van der Waals surface area (Å²) in [5.41, 5.74) is 0.370. The van der Waals surface area contributed by atoms with Crippen LogP contribution in [0.3, 0.4) is 0 Å². The SMILES string of the molecule is C[C@@H](OC(=O)c1ccccc1SCc1ccco1)C(=O)N1CCNC1=O. The lowest BCUT2D eigenvalue weighted by Gasteiger charge is -2.18. The van der Waals surface area contributed by atoms with Crippen molar-refractivity contribution in [1.29, 1.82) is 0 Å². The monoisotopic (exact) mass is 374 g/mol. The van der Waals surface area contributed by atoms with E-state index in [1.54, 1.807) is 24.5 Å². The lowest BCUT2D eigenvalue weighted by atomic mass is 10.2. The van der Waals surface area contributed by atoms with Crippen LogP contribution < -0.4 is 5.32 Å². The standard InChI is InChI=1S/C18H18N2O5S/c1-12(16(21)20-9-8-19-18(20)23)25-17(22)14-6-2-3-7-15(14)26-11-13-5-4-10-24-13/h2-7,10,12H,8-9,11H2,1H3,(H,19,23)/t12-/m1/s1. The molecule has 1 aliphatic heterocycles. The minimum absolute atomic E-state index is 0.273. The van der Waals surface area contributed by atoms with Crippen molar-refractivity contribution in [2.24, 2.45) is 0 Å². The number of hydrogen-bond donors (Lipinski definition) is 1. The van der Waals surface area contributed by atoms with Crippen LogP contribution in [0.25, 0.3) is 0 Å². The molecule has 1 aromatic carbocycles. The molecule has 0 spiro atoms. The number of rotatable bonds is 6. The summed E-state index contributed by atoms with van der Waals surface area (Å²) in [6.45, 7) is 2.14. The zero-order valence-corrected chi connectivity index (χ0v) is 15.0. The van der Waals surface area contributed by atoms with Crippen LogP contribution in [0.4, 0.5) is 4.79 Å². The molecule has 0 saturated carbocycles. The number of nitrogens with zero attached hydrogens (tertiary/aromatic N) is 1. The summed E-state index contributed by atoms with van der Waals surface area (Å²) in [6, 6.07) is 10.2. The molecule has 7 nitrogen and oxygen atoms in total. The molecule has 1 fully saturated rings. The van der Waals surface area contributed by atoms with Gasteiger partial charge in [-0.15, -0.1) is 11.8 Å². The van der Waals surface area contributed by atoms with Crippen molar-refractivity contribution in [1.82, 2.24) is 10.2 Å². The Morgan fingerprint density at radius 3 is 2.81 bits per heavy atom. The average molecular weight is 374 g/mol. The van der Waals surface area contributed by atoms with E-state index in [9.17, 15) is 14.4 Å². The summed E-state index contributed by atoms with van der Waals surface area (Å²) in [7, 11) is 0. The van der Waals surface area contributed by atoms with E-state index < -0.39 is 24.0 Å². The van der Waals surface area contributed by atoms with E-state index in [4.69, 9.17) is 9.15 Å². The molecule has 26 heavy (non-hydrogen) atoms. The number of amides is 3. The van der Waals surface area contributed by atoms with Crippen molar-refractivity contribution in [3.05, 3.63) is 54.0 Å². The maximum atomic E-state index is 12.5. The van der Waals surface area contributed by atoms with E-state index >= 15 is 0 Å². The molecule has 0 radical (unpaired) electrons. The number of furan rings is 1. The first-order valence-corrected chi connectivity index (χ1v) is 9.09. The molecule has 136 valence electrons. The summed E-state index contributed by atoms with van der Waals surface area (Å²) >= 11 is 1.44. The molecular formula is C18H18N2O5S. The number of ether oxygens (including phenoxy) is 1. The zero-order valence-electron chi connectivity index (χ0n) is 14.1. The second-order valence-electron chi connectivity index (χ2n) is 5.63. The van der Waals surface area contributed by atoms with Gasteiger partial charge >= 0.3 is 12.0 Å². The number of nitrogens with one attached hydrogen (secondary N) is 1. The smallest absolute Gasteiger partial charge is 0.340 e. The summed E-state index contributed by atoms with van der Waals surface area (Å²) in [5, 5.41) is 2.54. The Labute approximate surface area is 154 Å². The molecule has 1 aromatic heterocycles. The molecule has 3 rings (SSSR count). The van der Waals surface area contributed by atoms with Gasteiger partial charge < -0.3 is 14.5 Å². The number of carbonyl (C=O) groups excluding carboxylic acids is 3. The highest BCUT2D eigenvalue weighted by Crippen LogP contribution is 2.27. The lowest BCUT2D eigenvalue weighted by Crippen LogP contribution is -2.41. The first-order valence-electron chi connectivity index (χ1n) is 8.10. The highest BCUT2D eigenvalue weighted by Gasteiger charge is 2.32. The molecule has 1 aliphatic rings. The number of thioether (sulfide) groups is 1. The third-order valence-electron chi connectivity index (χ3n) is 3.81. The summed E-state index contributed by atoms with van der Waals surface area (Å²) in [6.07, 6.45) is 0.548. The molecule has 1 atom stereocenters. The number of hydrogen-bond acceptors (Lipinski definition) is 6. The highest BCUT2D eigenvalue weighted by molar-refractivity contribution is 7.98. The minimum Gasteiger partial charge on any atom is -0.468 e. The molecular weight excluding hydrogens is 356 g/mol. The van der Waals surface area contributed by atoms with Gasteiger partial charge in [-0.25, -0.2) is 9.59 Å². The van der Waals surface area contributed by atoms with E-state index in [0.717, 1.165) is 15.6 Å².